The third-order valence-corrected chi connectivity index (χ3v) is 3.45. The Kier molecular flexibility index (Phi) is 5.60. The van der Waals surface area contributed by atoms with Crippen LogP contribution in [0.1, 0.15) is 4.88 Å². The summed E-state index contributed by atoms with van der Waals surface area (Å²) in [7, 11) is 0. The lowest BCUT2D eigenvalue weighted by molar-refractivity contribution is 0.106. The SMILES string of the molecule is OC(CNCc1cncs1)COc1ccc(Cl)cc1. The Labute approximate surface area is 121 Å². The molecule has 0 fully saturated rings. The van der Waals surface area contributed by atoms with Crippen LogP contribution < -0.4 is 10.1 Å². The molecule has 0 saturated heterocycles. The molecule has 1 aromatic heterocycles. The van der Waals surface area contributed by atoms with Crippen LogP contribution in [0.25, 0.3) is 0 Å². The molecular weight excluding hydrogens is 284 g/mol. The van der Waals surface area contributed by atoms with Crippen molar-refractivity contribution in [1.82, 2.24) is 10.3 Å². The monoisotopic (exact) mass is 298 g/mol. The standard InChI is InChI=1S/C13H15ClN2O2S/c14-10-1-3-12(4-2-10)18-8-11(17)5-15-6-13-7-16-9-19-13/h1-4,7,9,11,15,17H,5-6,8H2. The van der Waals surface area contributed by atoms with E-state index in [0.717, 1.165) is 4.88 Å². The summed E-state index contributed by atoms with van der Waals surface area (Å²) < 4.78 is 5.45. The second-order valence-electron chi connectivity index (χ2n) is 4.02. The fourth-order valence-corrected chi connectivity index (χ4v) is 2.16. The molecule has 2 N–H and O–H groups in total. The van der Waals surface area contributed by atoms with Gasteiger partial charge in [-0.3, -0.25) is 4.98 Å². The van der Waals surface area contributed by atoms with Gasteiger partial charge in [0.05, 0.1) is 5.51 Å². The third-order valence-electron chi connectivity index (χ3n) is 2.42. The van der Waals surface area contributed by atoms with Gasteiger partial charge in [-0.2, -0.15) is 0 Å². The van der Waals surface area contributed by atoms with Gasteiger partial charge in [0, 0.05) is 29.2 Å². The highest BCUT2D eigenvalue weighted by molar-refractivity contribution is 7.09. The van der Waals surface area contributed by atoms with Gasteiger partial charge in [0.25, 0.3) is 0 Å². The Hall–Kier alpha value is -1.14. The lowest BCUT2D eigenvalue weighted by atomic mass is 10.3. The second-order valence-corrected chi connectivity index (χ2v) is 5.42. The number of aliphatic hydroxyl groups is 1. The normalized spacial score (nSPS) is 12.3. The van der Waals surface area contributed by atoms with Gasteiger partial charge in [0.15, 0.2) is 0 Å². The molecule has 0 aliphatic heterocycles. The maximum atomic E-state index is 9.77. The molecule has 0 amide bonds. The van der Waals surface area contributed by atoms with Gasteiger partial charge in [-0.25, -0.2) is 0 Å². The molecule has 0 radical (unpaired) electrons. The maximum Gasteiger partial charge on any atom is 0.119 e. The predicted molar refractivity (Wildman–Crippen MR) is 76.8 cm³/mol. The first-order valence-corrected chi connectivity index (χ1v) is 7.14. The molecule has 0 bridgehead atoms. The van der Waals surface area contributed by atoms with Gasteiger partial charge in [0.1, 0.15) is 18.5 Å². The van der Waals surface area contributed by atoms with E-state index in [1.54, 1.807) is 41.1 Å². The minimum atomic E-state index is -0.552. The zero-order chi connectivity index (χ0) is 13.5. The molecule has 0 aliphatic rings. The van der Waals surface area contributed by atoms with Crippen molar-refractivity contribution in [3.63, 3.8) is 0 Å². The molecule has 0 spiro atoms. The van der Waals surface area contributed by atoms with E-state index in [0.29, 0.717) is 23.9 Å². The summed E-state index contributed by atoms with van der Waals surface area (Å²) in [4.78, 5) is 5.13. The molecule has 2 rings (SSSR count). The molecule has 102 valence electrons. The number of hydrogen-bond acceptors (Lipinski definition) is 5. The minimum Gasteiger partial charge on any atom is -0.491 e. The summed E-state index contributed by atoms with van der Waals surface area (Å²) in [6.45, 7) is 1.44. The largest absolute Gasteiger partial charge is 0.491 e. The van der Waals surface area contributed by atoms with Crippen molar-refractivity contribution < 1.29 is 9.84 Å². The summed E-state index contributed by atoms with van der Waals surface area (Å²) in [5.74, 6) is 0.700. The molecule has 2 aromatic rings. The van der Waals surface area contributed by atoms with Crippen LogP contribution in [-0.2, 0) is 6.54 Å². The smallest absolute Gasteiger partial charge is 0.119 e. The zero-order valence-corrected chi connectivity index (χ0v) is 11.8. The first-order chi connectivity index (χ1) is 9.24. The summed E-state index contributed by atoms with van der Waals surface area (Å²) in [6, 6.07) is 7.07. The number of benzene rings is 1. The van der Waals surface area contributed by atoms with Gasteiger partial charge in [-0.05, 0) is 24.3 Å². The Balaban J connectivity index is 1.64. The topological polar surface area (TPSA) is 54.4 Å². The van der Waals surface area contributed by atoms with Gasteiger partial charge in [-0.1, -0.05) is 11.6 Å². The molecule has 6 heteroatoms. The second kappa shape index (κ2) is 7.45. The Bertz CT molecular complexity index is 476. The lowest BCUT2D eigenvalue weighted by Gasteiger charge is -2.12. The fraction of sp³-hybridized carbons (Fsp3) is 0.308. The number of aliphatic hydroxyl groups excluding tert-OH is 1. The first-order valence-electron chi connectivity index (χ1n) is 5.88. The van der Waals surface area contributed by atoms with Crippen LogP contribution in [0, 0.1) is 0 Å². The highest BCUT2D eigenvalue weighted by Crippen LogP contribution is 2.15. The van der Waals surface area contributed by atoms with Crippen molar-refractivity contribution in [3.05, 3.63) is 45.9 Å². The van der Waals surface area contributed by atoms with E-state index in [2.05, 4.69) is 10.3 Å². The molecule has 1 aromatic carbocycles. The van der Waals surface area contributed by atoms with E-state index in [9.17, 15) is 5.11 Å². The molecule has 1 atom stereocenters. The number of halogens is 1. The first kappa shape index (κ1) is 14.3. The van der Waals surface area contributed by atoms with Crippen molar-refractivity contribution >= 4 is 22.9 Å². The predicted octanol–water partition coefficient (Wildman–Crippen LogP) is 2.33. The van der Waals surface area contributed by atoms with Gasteiger partial charge in [0.2, 0.25) is 0 Å². The number of aromatic nitrogens is 1. The fourth-order valence-electron chi connectivity index (χ4n) is 1.47. The van der Waals surface area contributed by atoms with Crippen LogP contribution in [0.3, 0.4) is 0 Å². The number of hydrogen-bond donors (Lipinski definition) is 2. The van der Waals surface area contributed by atoms with Crippen LogP contribution in [0.5, 0.6) is 5.75 Å². The molecule has 1 heterocycles. The molecule has 0 saturated carbocycles. The van der Waals surface area contributed by atoms with Crippen molar-refractivity contribution in [1.29, 1.82) is 0 Å². The Morgan fingerprint density at radius 2 is 2.16 bits per heavy atom. The van der Waals surface area contributed by atoms with E-state index in [4.69, 9.17) is 16.3 Å². The summed E-state index contributed by atoms with van der Waals surface area (Å²) in [5, 5.41) is 13.6. The van der Waals surface area contributed by atoms with Crippen LogP contribution in [-0.4, -0.2) is 29.3 Å². The molecule has 0 aliphatic carbocycles. The molecular formula is C13H15ClN2O2S. The van der Waals surface area contributed by atoms with E-state index >= 15 is 0 Å². The summed E-state index contributed by atoms with van der Waals surface area (Å²) in [6.07, 6.45) is 1.26. The lowest BCUT2D eigenvalue weighted by Crippen LogP contribution is -2.30. The Morgan fingerprint density at radius 3 is 2.84 bits per heavy atom. The quantitative estimate of drug-likeness (QED) is 0.824. The van der Waals surface area contributed by atoms with Crippen LogP contribution in [0.2, 0.25) is 5.02 Å². The number of ether oxygens (including phenoxy) is 1. The highest BCUT2D eigenvalue weighted by Gasteiger charge is 2.05. The number of nitrogens with one attached hydrogen (secondary N) is 1. The number of thiazole rings is 1. The number of rotatable bonds is 7. The third kappa shape index (κ3) is 5.16. The van der Waals surface area contributed by atoms with Crippen LogP contribution in [0.15, 0.2) is 36.0 Å². The molecule has 4 nitrogen and oxygen atoms in total. The van der Waals surface area contributed by atoms with Crippen LogP contribution >= 0.6 is 22.9 Å². The van der Waals surface area contributed by atoms with Gasteiger partial charge < -0.3 is 15.2 Å². The average molecular weight is 299 g/mol. The summed E-state index contributed by atoms with van der Waals surface area (Å²) in [5.41, 5.74) is 1.79. The van der Waals surface area contributed by atoms with Gasteiger partial charge >= 0.3 is 0 Å². The maximum absolute atomic E-state index is 9.77. The van der Waals surface area contributed by atoms with Crippen molar-refractivity contribution in [2.75, 3.05) is 13.2 Å². The average Bonchev–Trinajstić information content (AvgIpc) is 2.91. The Morgan fingerprint density at radius 1 is 1.37 bits per heavy atom. The van der Waals surface area contributed by atoms with E-state index in [1.165, 1.54) is 0 Å². The highest BCUT2D eigenvalue weighted by atomic mass is 35.5. The van der Waals surface area contributed by atoms with Gasteiger partial charge in [-0.15, -0.1) is 11.3 Å². The molecule has 1 unspecified atom stereocenters. The zero-order valence-electron chi connectivity index (χ0n) is 10.3. The number of nitrogens with zero attached hydrogens (tertiary/aromatic N) is 1. The van der Waals surface area contributed by atoms with Crippen molar-refractivity contribution in [2.45, 2.75) is 12.6 Å². The van der Waals surface area contributed by atoms with E-state index < -0.39 is 6.10 Å². The summed E-state index contributed by atoms with van der Waals surface area (Å²) >= 11 is 7.36. The van der Waals surface area contributed by atoms with E-state index in [-0.39, 0.29) is 6.61 Å². The molecule has 19 heavy (non-hydrogen) atoms. The van der Waals surface area contributed by atoms with Crippen molar-refractivity contribution in [3.8, 4) is 5.75 Å². The minimum absolute atomic E-state index is 0.247. The van der Waals surface area contributed by atoms with E-state index in [1.807, 2.05) is 6.20 Å². The van der Waals surface area contributed by atoms with Crippen LogP contribution in [0.4, 0.5) is 0 Å². The van der Waals surface area contributed by atoms with Crippen molar-refractivity contribution in [2.24, 2.45) is 0 Å².